The number of aliphatic hydroxyl groups excluding tert-OH is 1. The second-order valence-electron chi connectivity index (χ2n) is 6.63. The Kier molecular flexibility index (Phi) is 4.46. The quantitative estimate of drug-likeness (QED) is 0.737. The Hall–Kier alpha value is -2.32. The molecule has 26 heavy (non-hydrogen) atoms. The number of benzene rings is 1. The Morgan fingerprint density at radius 2 is 2.12 bits per heavy atom. The highest BCUT2D eigenvalue weighted by molar-refractivity contribution is 7.17. The van der Waals surface area contributed by atoms with Gasteiger partial charge in [-0.3, -0.25) is 9.36 Å². The van der Waals surface area contributed by atoms with Gasteiger partial charge in [-0.15, -0.1) is 21.5 Å². The Labute approximate surface area is 153 Å². The van der Waals surface area contributed by atoms with E-state index in [2.05, 4.69) is 15.5 Å². The summed E-state index contributed by atoms with van der Waals surface area (Å²) in [6, 6.07) is 5.05. The fraction of sp³-hybridized carbons (Fsp3) is 0.389. The Bertz CT molecular complexity index is 1020. The molecule has 1 saturated carbocycles. The van der Waals surface area contributed by atoms with Gasteiger partial charge in [-0.2, -0.15) is 0 Å². The number of anilines is 1. The van der Waals surface area contributed by atoms with E-state index >= 15 is 0 Å². The molecule has 1 aromatic carbocycles. The van der Waals surface area contributed by atoms with Crippen molar-refractivity contribution in [3.63, 3.8) is 0 Å². The van der Waals surface area contributed by atoms with Crippen LogP contribution in [0.5, 0.6) is 0 Å². The van der Waals surface area contributed by atoms with Gasteiger partial charge in [-0.05, 0) is 25.0 Å². The summed E-state index contributed by atoms with van der Waals surface area (Å²) in [5.41, 5.74) is 0.404. The summed E-state index contributed by atoms with van der Waals surface area (Å²) in [4.78, 5) is 12.7. The van der Waals surface area contributed by atoms with Crippen molar-refractivity contribution in [3.05, 3.63) is 39.8 Å². The molecule has 136 valence electrons. The fourth-order valence-corrected chi connectivity index (χ4v) is 4.24. The fourth-order valence-electron chi connectivity index (χ4n) is 3.39. The summed E-state index contributed by atoms with van der Waals surface area (Å²) in [6.07, 6.45) is 3.05. The van der Waals surface area contributed by atoms with Crippen molar-refractivity contribution in [3.8, 4) is 11.4 Å². The largest absolute Gasteiger partial charge is 0.391 e. The molecule has 0 radical (unpaired) electrons. The number of aromatic nitrogens is 3. The first-order chi connectivity index (χ1) is 12.5. The molecule has 3 aromatic rings. The number of rotatable bonds is 3. The minimum atomic E-state index is -0.480. The number of fused-ring (bicyclic) bond motifs is 1. The van der Waals surface area contributed by atoms with Crippen molar-refractivity contribution in [2.45, 2.75) is 37.8 Å². The number of nitrogens with zero attached hydrogens (tertiary/aromatic N) is 3. The highest BCUT2D eigenvalue weighted by Crippen LogP contribution is 2.29. The molecule has 2 N–H and O–H groups in total. The van der Waals surface area contributed by atoms with Crippen LogP contribution in [0.3, 0.4) is 0 Å². The molecule has 6 nitrogen and oxygen atoms in total. The van der Waals surface area contributed by atoms with Crippen molar-refractivity contribution < 1.29 is 9.50 Å². The van der Waals surface area contributed by atoms with Gasteiger partial charge >= 0.3 is 0 Å². The van der Waals surface area contributed by atoms with E-state index in [0.717, 1.165) is 30.4 Å². The first kappa shape index (κ1) is 17.1. The van der Waals surface area contributed by atoms with Crippen LogP contribution in [-0.4, -0.2) is 32.0 Å². The van der Waals surface area contributed by atoms with Gasteiger partial charge in [0.15, 0.2) is 5.82 Å². The molecule has 8 heteroatoms. The first-order valence-corrected chi connectivity index (χ1v) is 9.48. The molecule has 1 aliphatic rings. The zero-order chi connectivity index (χ0) is 18.3. The van der Waals surface area contributed by atoms with Crippen molar-refractivity contribution in [2.24, 2.45) is 7.05 Å². The molecule has 1 fully saturated rings. The van der Waals surface area contributed by atoms with E-state index < -0.39 is 6.10 Å². The molecule has 0 saturated heterocycles. The van der Waals surface area contributed by atoms with E-state index in [-0.39, 0.29) is 23.2 Å². The van der Waals surface area contributed by atoms with Crippen molar-refractivity contribution in [1.29, 1.82) is 0 Å². The van der Waals surface area contributed by atoms with Crippen LogP contribution in [0.1, 0.15) is 25.7 Å². The number of thiophene rings is 1. The lowest BCUT2D eigenvalue weighted by molar-refractivity contribution is 0.116. The highest BCUT2D eigenvalue weighted by atomic mass is 32.1. The number of aliphatic hydroxyl groups is 1. The van der Waals surface area contributed by atoms with Crippen molar-refractivity contribution in [1.82, 2.24) is 14.8 Å². The molecule has 2 heterocycles. The number of halogens is 1. The molecule has 2 atom stereocenters. The summed E-state index contributed by atoms with van der Waals surface area (Å²) < 4.78 is 15.8. The smallest absolute Gasteiger partial charge is 0.296 e. The lowest BCUT2D eigenvalue weighted by atomic mass is 9.93. The predicted octanol–water partition coefficient (Wildman–Crippen LogP) is 2.91. The molecule has 0 bridgehead atoms. The topological polar surface area (TPSA) is 80.0 Å². The third kappa shape index (κ3) is 2.99. The van der Waals surface area contributed by atoms with Gasteiger partial charge in [0, 0.05) is 28.1 Å². The summed E-state index contributed by atoms with van der Waals surface area (Å²) in [6.45, 7) is 0. The molecule has 0 unspecified atom stereocenters. The monoisotopic (exact) mass is 374 g/mol. The molecular weight excluding hydrogens is 355 g/mol. The molecule has 1 aliphatic carbocycles. The lowest BCUT2D eigenvalue weighted by Gasteiger charge is -2.28. The summed E-state index contributed by atoms with van der Waals surface area (Å²) in [7, 11) is 1.63. The number of hydrogen-bond donors (Lipinski definition) is 2. The average molecular weight is 374 g/mol. The van der Waals surface area contributed by atoms with Gasteiger partial charge in [-0.25, -0.2) is 4.39 Å². The van der Waals surface area contributed by atoms with Crippen molar-refractivity contribution in [2.75, 3.05) is 5.32 Å². The second-order valence-corrected chi connectivity index (χ2v) is 7.54. The summed E-state index contributed by atoms with van der Waals surface area (Å²) >= 11 is 1.31. The van der Waals surface area contributed by atoms with E-state index in [1.165, 1.54) is 21.3 Å². The van der Waals surface area contributed by atoms with E-state index in [1.54, 1.807) is 19.2 Å². The van der Waals surface area contributed by atoms with Gasteiger partial charge in [-0.1, -0.05) is 18.9 Å². The number of hydrogen-bond acceptors (Lipinski definition) is 6. The van der Waals surface area contributed by atoms with Crippen LogP contribution in [0.2, 0.25) is 0 Å². The van der Waals surface area contributed by atoms with Gasteiger partial charge < -0.3 is 10.4 Å². The molecule has 4 rings (SSSR count). The third-order valence-electron chi connectivity index (χ3n) is 4.91. The minimum Gasteiger partial charge on any atom is -0.391 e. The summed E-state index contributed by atoms with van der Waals surface area (Å²) in [5.74, 6) is 0.313. The van der Waals surface area contributed by atoms with Crippen LogP contribution in [0.4, 0.5) is 10.2 Å². The van der Waals surface area contributed by atoms with Crippen LogP contribution in [0.15, 0.2) is 28.4 Å². The zero-order valence-corrected chi connectivity index (χ0v) is 15.1. The third-order valence-corrected chi connectivity index (χ3v) is 5.82. The van der Waals surface area contributed by atoms with Crippen LogP contribution in [-0.2, 0) is 7.05 Å². The molecule has 2 aromatic heterocycles. The van der Waals surface area contributed by atoms with Gasteiger partial charge in [0.05, 0.1) is 12.1 Å². The molecule has 0 aliphatic heterocycles. The minimum absolute atomic E-state index is 0.144. The standard InChI is InChI=1S/C18H19FN4O2S/c1-23-17(10-6-7-11-12(19)9-26-15(11)8-10)22-21-16(18(23)25)20-13-4-2-3-5-14(13)24/h6-9,13-14,24H,2-5H2,1H3,(H,20,21)/t13-,14-/m1/s1. The van der Waals surface area contributed by atoms with Gasteiger partial charge in [0.1, 0.15) is 5.82 Å². The Morgan fingerprint density at radius 1 is 1.31 bits per heavy atom. The second kappa shape index (κ2) is 6.77. The first-order valence-electron chi connectivity index (χ1n) is 8.60. The van der Waals surface area contributed by atoms with Crippen LogP contribution >= 0.6 is 11.3 Å². The van der Waals surface area contributed by atoms with Crippen LogP contribution < -0.4 is 10.9 Å². The SMILES string of the molecule is Cn1c(-c2ccc3c(F)csc3c2)nnc(N[C@@H]2CCCC[C@H]2O)c1=O. The average Bonchev–Trinajstić information content (AvgIpc) is 3.01. The molecular formula is C18H19FN4O2S. The predicted molar refractivity (Wildman–Crippen MR) is 99.9 cm³/mol. The number of nitrogens with one attached hydrogen (secondary N) is 1. The zero-order valence-electron chi connectivity index (χ0n) is 14.3. The van der Waals surface area contributed by atoms with Crippen LogP contribution in [0.25, 0.3) is 21.5 Å². The maximum Gasteiger partial charge on any atom is 0.296 e. The van der Waals surface area contributed by atoms with E-state index in [0.29, 0.717) is 16.8 Å². The molecule has 0 amide bonds. The maximum atomic E-state index is 13.6. The van der Waals surface area contributed by atoms with E-state index in [4.69, 9.17) is 0 Å². The van der Waals surface area contributed by atoms with Gasteiger partial charge in [0.25, 0.3) is 5.56 Å². The maximum absolute atomic E-state index is 13.6. The van der Waals surface area contributed by atoms with E-state index in [9.17, 15) is 14.3 Å². The van der Waals surface area contributed by atoms with E-state index in [1.807, 2.05) is 6.07 Å². The van der Waals surface area contributed by atoms with Crippen LogP contribution in [0, 0.1) is 5.82 Å². The highest BCUT2D eigenvalue weighted by Gasteiger charge is 2.24. The molecule has 0 spiro atoms. The summed E-state index contributed by atoms with van der Waals surface area (Å²) in [5, 5.41) is 23.4. The lowest BCUT2D eigenvalue weighted by Crippen LogP contribution is -2.39. The Balaban J connectivity index is 1.67. The van der Waals surface area contributed by atoms with Gasteiger partial charge in [0.2, 0.25) is 5.82 Å². The van der Waals surface area contributed by atoms with Crippen molar-refractivity contribution >= 4 is 27.2 Å². The Morgan fingerprint density at radius 3 is 2.92 bits per heavy atom. The normalized spacial score (nSPS) is 20.4.